The summed E-state index contributed by atoms with van der Waals surface area (Å²) in [6.07, 6.45) is 0.529. The van der Waals surface area contributed by atoms with Crippen LogP contribution in [0.1, 0.15) is 19.4 Å². The van der Waals surface area contributed by atoms with Crippen LogP contribution in [-0.2, 0) is 16.0 Å². The number of alkyl halides is 2. The van der Waals surface area contributed by atoms with E-state index in [0.29, 0.717) is 13.0 Å². The van der Waals surface area contributed by atoms with E-state index in [-0.39, 0.29) is 30.8 Å². The number of amides is 1. The largest absolute Gasteiger partial charge is 0.480 e. The van der Waals surface area contributed by atoms with E-state index in [9.17, 15) is 18.4 Å². The molecular weight excluding hydrogens is 322 g/mol. The van der Waals surface area contributed by atoms with E-state index in [1.807, 2.05) is 13.8 Å². The third-order valence-corrected chi connectivity index (χ3v) is 3.30. The lowest BCUT2D eigenvalue weighted by Crippen LogP contribution is -2.43. The van der Waals surface area contributed by atoms with Crippen LogP contribution in [-0.4, -0.2) is 54.2 Å². The second-order valence-electron chi connectivity index (χ2n) is 5.51. The van der Waals surface area contributed by atoms with Gasteiger partial charge in [0.05, 0.1) is 13.1 Å². The van der Waals surface area contributed by atoms with E-state index in [1.54, 1.807) is 17.0 Å². The first-order valence-electron chi connectivity index (χ1n) is 7.54. The van der Waals surface area contributed by atoms with Crippen LogP contribution in [0, 0.1) is 0 Å². The van der Waals surface area contributed by atoms with Crippen molar-refractivity contribution in [2.75, 3.05) is 19.6 Å². The molecule has 0 aromatic heterocycles. The third kappa shape index (κ3) is 7.87. The molecule has 0 fully saturated rings. The summed E-state index contributed by atoms with van der Waals surface area (Å²) in [4.78, 5) is 24.2. The molecule has 0 saturated heterocycles. The highest BCUT2D eigenvalue weighted by Gasteiger charge is 2.16. The van der Waals surface area contributed by atoms with E-state index in [1.165, 1.54) is 12.1 Å². The summed E-state index contributed by atoms with van der Waals surface area (Å²) in [6, 6.07) is 6.12. The summed E-state index contributed by atoms with van der Waals surface area (Å²) in [6.45, 7) is 0.956. The molecule has 2 N–H and O–H groups in total. The van der Waals surface area contributed by atoms with Gasteiger partial charge in [-0.3, -0.25) is 14.5 Å². The van der Waals surface area contributed by atoms with Crippen LogP contribution >= 0.6 is 0 Å². The molecule has 0 saturated carbocycles. The molecule has 0 aliphatic heterocycles. The van der Waals surface area contributed by atoms with Gasteiger partial charge in [-0.15, -0.1) is 0 Å². The number of hydrogen-bond acceptors (Lipinski definition) is 4. The van der Waals surface area contributed by atoms with Gasteiger partial charge in [0.1, 0.15) is 5.75 Å². The van der Waals surface area contributed by atoms with Gasteiger partial charge in [0, 0.05) is 12.6 Å². The highest BCUT2D eigenvalue weighted by Crippen LogP contribution is 2.14. The summed E-state index contributed by atoms with van der Waals surface area (Å²) in [7, 11) is 0. The van der Waals surface area contributed by atoms with Crippen LogP contribution in [0.4, 0.5) is 8.78 Å². The van der Waals surface area contributed by atoms with Gasteiger partial charge in [-0.25, -0.2) is 0 Å². The average molecular weight is 344 g/mol. The molecule has 6 nitrogen and oxygen atoms in total. The van der Waals surface area contributed by atoms with E-state index in [4.69, 9.17) is 5.11 Å². The quantitative estimate of drug-likeness (QED) is 0.676. The summed E-state index contributed by atoms with van der Waals surface area (Å²) < 4.78 is 28.3. The van der Waals surface area contributed by atoms with Crippen molar-refractivity contribution < 1.29 is 28.2 Å². The fraction of sp³-hybridized carbons (Fsp3) is 0.500. The topological polar surface area (TPSA) is 78.9 Å². The summed E-state index contributed by atoms with van der Waals surface area (Å²) >= 11 is 0. The number of benzene rings is 1. The first-order valence-corrected chi connectivity index (χ1v) is 7.54. The van der Waals surface area contributed by atoms with Gasteiger partial charge in [0.2, 0.25) is 5.91 Å². The van der Waals surface area contributed by atoms with Gasteiger partial charge in [0.15, 0.2) is 0 Å². The van der Waals surface area contributed by atoms with Gasteiger partial charge in [-0.2, -0.15) is 8.78 Å². The Hall–Kier alpha value is -2.22. The van der Waals surface area contributed by atoms with E-state index < -0.39 is 12.6 Å². The molecule has 24 heavy (non-hydrogen) atoms. The molecule has 0 radical (unpaired) electrons. The highest BCUT2D eigenvalue weighted by atomic mass is 19.3. The van der Waals surface area contributed by atoms with Crippen molar-refractivity contribution in [3.8, 4) is 5.75 Å². The average Bonchev–Trinajstić information content (AvgIpc) is 2.47. The molecule has 0 bridgehead atoms. The minimum Gasteiger partial charge on any atom is -0.480 e. The summed E-state index contributed by atoms with van der Waals surface area (Å²) in [5.74, 6) is -1.16. The first-order chi connectivity index (χ1) is 11.3. The number of nitrogens with one attached hydrogen (secondary N) is 1. The van der Waals surface area contributed by atoms with Crippen molar-refractivity contribution in [3.05, 3.63) is 29.8 Å². The fourth-order valence-electron chi connectivity index (χ4n) is 2.02. The number of halogens is 2. The Labute approximate surface area is 139 Å². The summed E-state index contributed by atoms with van der Waals surface area (Å²) in [5.41, 5.74) is 0.864. The molecule has 1 aromatic rings. The molecule has 0 unspecified atom stereocenters. The van der Waals surface area contributed by atoms with Gasteiger partial charge < -0.3 is 15.2 Å². The summed E-state index contributed by atoms with van der Waals surface area (Å²) in [5, 5.41) is 11.5. The Kier molecular flexibility index (Phi) is 8.11. The standard InChI is InChI=1S/C16H22F2N2O4/c1-11(2)20(10-15(22)23)9-14(21)19-8-7-12-3-5-13(6-4-12)24-16(17)18/h3-6,11,16H,7-10H2,1-2H3,(H,19,21)(H,22,23). The number of nitrogens with zero attached hydrogens (tertiary/aromatic N) is 1. The minimum atomic E-state index is -2.86. The molecule has 1 amide bonds. The molecule has 0 spiro atoms. The maximum atomic E-state index is 12.0. The van der Waals surface area contributed by atoms with Crippen molar-refractivity contribution >= 4 is 11.9 Å². The zero-order valence-electron chi connectivity index (χ0n) is 13.7. The van der Waals surface area contributed by atoms with Crippen molar-refractivity contribution in [2.45, 2.75) is 32.9 Å². The molecule has 0 atom stereocenters. The maximum Gasteiger partial charge on any atom is 0.387 e. The molecule has 0 heterocycles. The Balaban J connectivity index is 2.37. The number of aliphatic carboxylic acids is 1. The van der Waals surface area contributed by atoms with Gasteiger partial charge >= 0.3 is 12.6 Å². The van der Waals surface area contributed by atoms with Crippen LogP contribution in [0.3, 0.4) is 0 Å². The van der Waals surface area contributed by atoms with Gasteiger partial charge in [0.25, 0.3) is 0 Å². The first kappa shape index (κ1) is 19.8. The van der Waals surface area contributed by atoms with E-state index in [2.05, 4.69) is 10.1 Å². The lowest BCUT2D eigenvalue weighted by atomic mass is 10.1. The lowest BCUT2D eigenvalue weighted by molar-refractivity contribution is -0.139. The normalized spacial score (nSPS) is 11.1. The predicted octanol–water partition coefficient (Wildman–Crippen LogP) is 1.74. The highest BCUT2D eigenvalue weighted by molar-refractivity contribution is 5.79. The number of carboxylic acid groups (broad SMARTS) is 1. The Morgan fingerprint density at radius 1 is 1.21 bits per heavy atom. The fourth-order valence-corrected chi connectivity index (χ4v) is 2.02. The number of ether oxygens (including phenoxy) is 1. The molecular formula is C16H22F2N2O4. The number of carbonyl (C=O) groups excluding carboxylic acids is 1. The van der Waals surface area contributed by atoms with Crippen LogP contribution in [0.15, 0.2) is 24.3 Å². The Morgan fingerprint density at radius 2 is 1.83 bits per heavy atom. The van der Waals surface area contributed by atoms with E-state index >= 15 is 0 Å². The van der Waals surface area contributed by atoms with Crippen molar-refractivity contribution in [3.63, 3.8) is 0 Å². The third-order valence-electron chi connectivity index (χ3n) is 3.30. The molecule has 0 aliphatic rings. The zero-order valence-corrected chi connectivity index (χ0v) is 13.7. The van der Waals surface area contributed by atoms with Crippen molar-refractivity contribution in [1.82, 2.24) is 10.2 Å². The van der Waals surface area contributed by atoms with Crippen LogP contribution in [0.5, 0.6) is 5.75 Å². The number of carboxylic acids is 1. The monoisotopic (exact) mass is 344 g/mol. The lowest BCUT2D eigenvalue weighted by Gasteiger charge is -2.23. The van der Waals surface area contributed by atoms with Gasteiger partial charge in [-0.05, 0) is 38.0 Å². The Morgan fingerprint density at radius 3 is 2.33 bits per heavy atom. The van der Waals surface area contributed by atoms with Gasteiger partial charge in [-0.1, -0.05) is 12.1 Å². The van der Waals surface area contributed by atoms with Crippen LogP contribution in [0.25, 0.3) is 0 Å². The van der Waals surface area contributed by atoms with E-state index in [0.717, 1.165) is 5.56 Å². The maximum absolute atomic E-state index is 12.0. The number of carbonyl (C=O) groups is 2. The molecule has 1 rings (SSSR count). The zero-order chi connectivity index (χ0) is 18.1. The van der Waals surface area contributed by atoms with Crippen molar-refractivity contribution in [1.29, 1.82) is 0 Å². The molecule has 0 aliphatic carbocycles. The second-order valence-corrected chi connectivity index (χ2v) is 5.51. The van der Waals surface area contributed by atoms with Crippen LogP contribution in [0.2, 0.25) is 0 Å². The SMILES string of the molecule is CC(C)N(CC(=O)O)CC(=O)NCCc1ccc(OC(F)F)cc1. The number of rotatable bonds is 10. The molecule has 134 valence electrons. The predicted molar refractivity (Wildman–Crippen MR) is 84.1 cm³/mol. The molecule has 8 heteroatoms. The minimum absolute atomic E-state index is 0.00509. The second kappa shape index (κ2) is 9.82. The van der Waals surface area contributed by atoms with Crippen molar-refractivity contribution in [2.24, 2.45) is 0 Å². The van der Waals surface area contributed by atoms with Crippen LogP contribution < -0.4 is 10.1 Å². The molecule has 1 aromatic carbocycles. The Bertz CT molecular complexity index is 535. The smallest absolute Gasteiger partial charge is 0.387 e. The number of hydrogen-bond donors (Lipinski definition) is 2.